The molecule has 16 heavy (non-hydrogen) atoms. The van der Waals surface area contributed by atoms with Crippen molar-refractivity contribution < 1.29 is 9.28 Å². The zero-order valence-electron chi connectivity index (χ0n) is 11.3. The molecule has 0 saturated heterocycles. The second kappa shape index (κ2) is 7.44. The topological polar surface area (TPSA) is 29.1 Å². The highest BCUT2D eigenvalue weighted by atomic mass is 16.1. The summed E-state index contributed by atoms with van der Waals surface area (Å²) in [4.78, 5) is 11.1. The van der Waals surface area contributed by atoms with Crippen LogP contribution in [0.3, 0.4) is 0 Å². The van der Waals surface area contributed by atoms with E-state index in [2.05, 4.69) is 39.6 Å². The monoisotopic (exact) mass is 227 g/mol. The summed E-state index contributed by atoms with van der Waals surface area (Å²) < 4.78 is 1.13. The molecule has 3 heteroatoms. The maximum Gasteiger partial charge on any atom is 0.243 e. The van der Waals surface area contributed by atoms with E-state index in [0.29, 0.717) is 5.92 Å². The first-order chi connectivity index (χ1) is 7.53. The van der Waals surface area contributed by atoms with Crippen molar-refractivity contribution in [3.8, 4) is 0 Å². The summed E-state index contributed by atoms with van der Waals surface area (Å²) in [6.45, 7) is 17.7. The van der Waals surface area contributed by atoms with Crippen LogP contribution >= 0.6 is 0 Å². The quantitative estimate of drug-likeness (QED) is 0.497. The van der Waals surface area contributed by atoms with Gasteiger partial charge in [-0.1, -0.05) is 13.5 Å². The summed E-state index contributed by atoms with van der Waals surface area (Å²) in [5.41, 5.74) is 0. The first-order valence-corrected chi connectivity index (χ1v) is 6.28. The van der Waals surface area contributed by atoms with Crippen molar-refractivity contribution >= 4 is 5.91 Å². The Hall–Kier alpha value is -0.830. The lowest BCUT2D eigenvalue weighted by molar-refractivity contribution is -0.926. The third kappa shape index (κ3) is 4.79. The zero-order chi connectivity index (χ0) is 12.6. The number of quaternary nitrogens is 1. The van der Waals surface area contributed by atoms with Gasteiger partial charge in [0.05, 0.1) is 26.2 Å². The maximum absolute atomic E-state index is 11.1. The summed E-state index contributed by atoms with van der Waals surface area (Å²) in [7, 11) is 0. The standard InChI is InChI=1S/C13H26N2O/c1-6-13(16)14-10-12(5)11-15(7-2,8-3)9-4/h6,12H,1,7-11H2,2-5H3/p+1. The molecule has 0 fully saturated rings. The van der Waals surface area contributed by atoms with Crippen LogP contribution < -0.4 is 5.32 Å². The van der Waals surface area contributed by atoms with Crippen molar-refractivity contribution in [3.63, 3.8) is 0 Å². The van der Waals surface area contributed by atoms with E-state index in [-0.39, 0.29) is 5.91 Å². The predicted octanol–water partition coefficient (Wildman–Crippen LogP) is 1.80. The Balaban J connectivity index is 4.14. The Kier molecular flexibility index (Phi) is 7.06. The molecule has 1 atom stereocenters. The molecule has 0 radical (unpaired) electrons. The lowest BCUT2D eigenvalue weighted by Gasteiger charge is -2.38. The summed E-state index contributed by atoms with van der Waals surface area (Å²) >= 11 is 0. The Labute approximate surface area is 100 Å². The van der Waals surface area contributed by atoms with Crippen LogP contribution in [-0.4, -0.2) is 43.1 Å². The molecule has 0 bridgehead atoms. The van der Waals surface area contributed by atoms with Crippen LogP contribution in [0.1, 0.15) is 27.7 Å². The van der Waals surface area contributed by atoms with Crippen molar-refractivity contribution in [2.45, 2.75) is 27.7 Å². The van der Waals surface area contributed by atoms with Crippen LogP contribution in [0.15, 0.2) is 12.7 Å². The molecular weight excluding hydrogens is 200 g/mol. The Bertz CT molecular complexity index is 214. The van der Waals surface area contributed by atoms with Gasteiger partial charge in [-0.2, -0.15) is 0 Å². The predicted molar refractivity (Wildman–Crippen MR) is 69.1 cm³/mol. The molecule has 0 aromatic heterocycles. The molecular formula is C13H27N2O+. The minimum Gasteiger partial charge on any atom is -0.352 e. The summed E-state index contributed by atoms with van der Waals surface area (Å²) in [5, 5.41) is 2.86. The van der Waals surface area contributed by atoms with Gasteiger partial charge in [0.1, 0.15) is 0 Å². The normalized spacial score (nSPS) is 13.2. The van der Waals surface area contributed by atoms with Gasteiger partial charge in [0, 0.05) is 12.5 Å². The average Bonchev–Trinajstić information content (AvgIpc) is 2.33. The van der Waals surface area contributed by atoms with E-state index < -0.39 is 0 Å². The van der Waals surface area contributed by atoms with E-state index in [0.717, 1.165) is 37.2 Å². The van der Waals surface area contributed by atoms with Crippen LogP contribution in [-0.2, 0) is 4.79 Å². The molecule has 94 valence electrons. The van der Waals surface area contributed by atoms with Crippen molar-refractivity contribution in [2.75, 3.05) is 32.7 Å². The smallest absolute Gasteiger partial charge is 0.243 e. The van der Waals surface area contributed by atoms with Gasteiger partial charge in [-0.05, 0) is 26.8 Å². The fraction of sp³-hybridized carbons (Fsp3) is 0.769. The van der Waals surface area contributed by atoms with Crippen LogP contribution in [0.4, 0.5) is 0 Å². The molecule has 3 nitrogen and oxygen atoms in total. The van der Waals surface area contributed by atoms with Gasteiger partial charge in [-0.15, -0.1) is 0 Å². The minimum absolute atomic E-state index is 0.0746. The van der Waals surface area contributed by atoms with Gasteiger partial charge in [-0.25, -0.2) is 0 Å². The maximum atomic E-state index is 11.1. The van der Waals surface area contributed by atoms with Crippen LogP contribution in [0.2, 0.25) is 0 Å². The molecule has 1 N–H and O–H groups in total. The molecule has 0 aliphatic heterocycles. The van der Waals surface area contributed by atoms with E-state index in [1.165, 1.54) is 6.08 Å². The van der Waals surface area contributed by atoms with E-state index in [1.807, 2.05) is 0 Å². The Morgan fingerprint density at radius 2 is 1.81 bits per heavy atom. The summed E-state index contributed by atoms with van der Waals surface area (Å²) in [5.74, 6) is 0.429. The van der Waals surface area contributed by atoms with Gasteiger partial charge >= 0.3 is 0 Å². The summed E-state index contributed by atoms with van der Waals surface area (Å²) in [6, 6.07) is 0. The molecule has 0 aliphatic carbocycles. The number of hydrogen-bond acceptors (Lipinski definition) is 1. The summed E-state index contributed by atoms with van der Waals surface area (Å²) in [6.07, 6.45) is 1.33. The van der Waals surface area contributed by atoms with Crippen molar-refractivity contribution in [1.29, 1.82) is 0 Å². The third-order valence-electron chi connectivity index (χ3n) is 3.52. The van der Waals surface area contributed by atoms with E-state index in [1.54, 1.807) is 0 Å². The lowest BCUT2D eigenvalue weighted by atomic mass is 10.1. The van der Waals surface area contributed by atoms with E-state index in [9.17, 15) is 4.79 Å². The van der Waals surface area contributed by atoms with Crippen molar-refractivity contribution in [3.05, 3.63) is 12.7 Å². The molecule has 0 aromatic carbocycles. The first kappa shape index (κ1) is 15.2. The van der Waals surface area contributed by atoms with E-state index in [4.69, 9.17) is 0 Å². The van der Waals surface area contributed by atoms with Gasteiger partial charge in [-0.3, -0.25) is 4.79 Å². The highest BCUT2D eigenvalue weighted by Gasteiger charge is 2.23. The van der Waals surface area contributed by atoms with Crippen LogP contribution in [0.25, 0.3) is 0 Å². The number of amides is 1. The number of rotatable bonds is 8. The highest BCUT2D eigenvalue weighted by Crippen LogP contribution is 2.10. The SMILES string of the molecule is C=CC(=O)NCC(C)C[N+](CC)(CC)CC. The fourth-order valence-corrected chi connectivity index (χ4v) is 2.13. The largest absolute Gasteiger partial charge is 0.352 e. The minimum atomic E-state index is -0.0746. The second-order valence-corrected chi connectivity index (χ2v) is 4.53. The number of hydrogen-bond donors (Lipinski definition) is 1. The zero-order valence-corrected chi connectivity index (χ0v) is 11.3. The first-order valence-electron chi connectivity index (χ1n) is 6.28. The molecule has 0 aliphatic rings. The molecule has 0 rings (SSSR count). The van der Waals surface area contributed by atoms with Crippen LogP contribution in [0.5, 0.6) is 0 Å². The Morgan fingerprint density at radius 3 is 2.19 bits per heavy atom. The van der Waals surface area contributed by atoms with Crippen molar-refractivity contribution in [1.82, 2.24) is 5.32 Å². The van der Waals surface area contributed by atoms with Gasteiger partial charge in [0.25, 0.3) is 0 Å². The number of carbonyl (C=O) groups is 1. The fourth-order valence-electron chi connectivity index (χ4n) is 2.13. The van der Waals surface area contributed by atoms with Gasteiger partial charge in [0.2, 0.25) is 5.91 Å². The third-order valence-corrected chi connectivity index (χ3v) is 3.52. The molecule has 0 heterocycles. The number of carbonyl (C=O) groups excluding carboxylic acids is 1. The second-order valence-electron chi connectivity index (χ2n) is 4.53. The number of nitrogens with one attached hydrogen (secondary N) is 1. The average molecular weight is 227 g/mol. The molecule has 1 unspecified atom stereocenters. The number of nitrogens with zero attached hydrogens (tertiary/aromatic N) is 1. The van der Waals surface area contributed by atoms with Crippen LogP contribution in [0, 0.1) is 5.92 Å². The van der Waals surface area contributed by atoms with Gasteiger partial charge in [0.15, 0.2) is 0 Å². The molecule has 0 spiro atoms. The molecule has 0 aromatic rings. The van der Waals surface area contributed by atoms with Crippen molar-refractivity contribution in [2.24, 2.45) is 5.92 Å². The molecule has 1 amide bonds. The highest BCUT2D eigenvalue weighted by molar-refractivity contribution is 5.86. The van der Waals surface area contributed by atoms with Gasteiger partial charge < -0.3 is 9.80 Å². The lowest BCUT2D eigenvalue weighted by Crippen LogP contribution is -2.51. The Morgan fingerprint density at radius 1 is 1.31 bits per heavy atom. The molecule has 0 saturated carbocycles. The van der Waals surface area contributed by atoms with E-state index >= 15 is 0 Å².